The van der Waals surface area contributed by atoms with E-state index in [-0.39, 0.29) is 48.2 Å². The van der Waals surface area contributed by atoms with Crippen LogP contribution in [0.2, 0.25) is 0 Å². The van der Waals surface area contributed by atoms with Crippen molar-refractivity contribution in [2.45, 2.75) is 45.1 Å². The van der Waals surface area contributed by atoms with Gasteiger partial charge >= 0.3 is 0 Å². The predicted octanol–water partition coefficient (Wildman–Crippen LogP) is 0.955. The molecule has 1 aromatic rings. The summed E-state index contributed by atoms with van der Waals surface area (Å²) in [6.07, 6.45) is 0.207. The van der Waals surface area contributed by atoms with Crippen molar-refractivity contribution in [3.63, 3.8) is 0 Å². The molecule has 1 unspecified atom stereocenters. The zero-order valence-electron chi connectivity index (χ0n) is 15.7. The Hall–Kier alpha value is -1.93. The van der Waals surface area contributed by atoms with Crippen LogP contribution < -0.4 is 10.0 Å². The second-order valence-corrected chi connectivity index (χ2v) is 8.73. The first-order valence-electron chi connectivity index (χ1n) is 8.76. The molecule has 2 amide bonds. The number of nitrogens with zero attached hydrogens (tertiary/aromatic N) is 1. The summed E-state index contributed by atoms with van der Waals surface area (Å²) < 4.78 is 27.2. The summed E-state index contributed by atoms with van der Waals surface area (Å²) >= 11 is 0. The topological polar surface area (TPSA) is 95.6 Å². The van der Waals surface area contributed by atoms with Crippen LogP contribution in [0.15, 0.2) is 23.1 Å². The molecule has 1 heterocycles. The summed E-state index contributed by atoms with van der Waals surface area (Å²) in [7, 11) is -3.62. The van der Waals surface area contributed by atoms with Gasteiger partial charge in [0.2, 0.25) is 21.8 Å². The van der Waals surface area contributed by atoms with E-state index in [1.54, 1.807) is 24.0 Å². The predicted molar refractivity (Wildman–Crippen MR) is 99.1 cm³/mol. The van der Waals surface area contributed by atoms with Gasteiger partial charge in [0.25, 0.3) is 0 Å². The number of nitrogens with one attached hydrogen (secondary N) is 2. The summed E-state index contributed by atoms with van der Waals surface area (Å²) in [6.45, 7) is 8.17. The molecular formula is C18H27N3O4S. The number of carbonyl (C=O) groups excluding carboxylic acids is 2. The van der Waals surface area contributed by atoms with Gasteiger partial charge in [0.15, 0.2) is 0 Å². The number of hydrogen-bond donors (Lipinski definition) is 2. The Morgan fingerprint density at radius 2 is 1.96 bits per heavy atom. The van der Waals surface area contributed by atoms with Crippen molar-refractivity contribution in [2.24, 2.45) is 5.92 Å². The van der Waals surface area contributed by atoms with E-state index in [1.807, 2.05) is 26.8 Å². The number of sulfonamides is 1. The van der Waals surface area contributed by atoms with Gasteiger partial charge in [-0.25, -0.2) is 13.1 Å². The number of carbonyl (C=O) groups is 2. The van der Waals surface area contributed by atoms with Crippen molar-refractivity contribution in [3.05, 3.63) is 29.3 Å². The first kappa shape index (κ1) is 20.4. The molecule has 0 spiro atoms. The van der Waals surface area contributed by atoms with E-state index < -0.39 is 10.0 Å². The lowest BCUT2D eigenvalue weighted by Gasteiger charge is -2.20. The third kappa shape index (κ3) is 4.82. The van der Waals surface area contributed by atoms with Crippen molar-refractivity contribution < 1.29 is 18.0 Å². The molecular weight excluding hydrogens is 354 g/mol. The minimum absolute atomic E-state index is 0.0179. The van der Waals surface area contributed by atoms with Gasteiger partial charge in [-0.3, -0.25) is 9.59 Å². The number of aryl methyl sites for hydroxylation is 2. The van der Waals surface area contributed by atoms with Crippen LogP contribution in [0.3, 0.4) is 0 Å². The second-order valence-electron chi connectivity index (χ2n) is 7.00. The Bertz CT molecular complexity index is 790. The Labute approximate surface area is 155 Å². The van der Waals surface area contributed by atoms with Crippen molar-refractivity contribution in [1.29, 1.82) is 0 Å². The van der Waals surface area contributed by atoms with E-state index in [9.17, 15) is 18.0 Å². The Balaban J connectivity index is 1.83. The zero-order chi connectivity index (χ0) is 19.5. The zero-order valence-corrected chi connectivity index (χ0v) is 16.5. The lowest BCUT2D eigenvalue weighted by Crippen LogP contribution is -2.39. The number of amides is 2. The van der Waals surface area contributed by atoms with Gasteiger partial charge in [-0.1, -0.05) is 17.7 Å². The van der Waals surface area contributed by atoms with Gasteiger partial charge in [-0.2, -0.15) is 0 Å². The van der Waals surface area contributed by atoms with Gasteiger partial charge in [-0.05, 0) is 39.3 Å². The average molecular weight is 381 g/mol. The Morgan fingerprint density at radius 1 is 1.27 bits per heavy atom. The van der Waals surface area contributed by atoms with Crippen molar-refractivity contribution in [2.75, 3.05) is 19.6 Å². The van der Waals surface area contributed by atoms with Crippen molar-refractivity contribution >= 4 is 21.8 Å². The average Bonchev–Trinajstić information content (AvgIpc) is 2.93. The molecule has 1 fully saturated rings. The third-order valence-corrected chi connectivity index (χ3v) is 6.11. The van der Waals surface area contributed by atoms with Crippen LogP contribution in [-0.4, -0.2) is 50.8 Å². The van der Waals surface area contributed by atoms with Gasteiger partial charge in [-0.15, -0.1) is 0 Å². The summed E-state index contributed by atoms with van der Waals surface area (Å²) in [5, 5.41) is 2.71. The number of hydrogen-bond acceptors (Lipinski definition) is 4. The summed E-state index contributed by atoms with van der Waals surface area (Å²) in [4.78, 5) is 26.0. The Kier molecular flexibility index (Phi) is 6.41. The molecule has 2 N–H and O–H groups in total. The largest absolute Gasteiger partial charge is 0.354 e. The molecule has 26 heavy (non-hydrogen) atoms. The normalized spacial score (nSPS) is 17.8. The van der Waals surface area contributed by atoms with Crippen LogP contribution in [0, 0.1) is 19.8 Å². The molecule has 1 saturated heterocycles. The molecule has 1 aliphatic heterocycles. The molecule has 0 bridgehead atoms. The maximum atomic E-state index is 12.4. The standard InChI is InChI=1S/C18H27N3O4S/c1-12(2)21-11-15(10-17(21)22)18(23)19-7-8-20-26(24,25)16-6-5-13(3)9-14(16)4/h5-6,9,12,15,20H,7-8,10-11H2,1-4H3,(H,19,23). The van der Waals surface area contributed by atoms with Crippen LogP contribution in [0.25, 0.3) is 0 Å². The van der Waals surface area contributed by atoms with E-state index in [2.05, 4.69) is 10.0 Å². The van der Waals surface area contributed by atoms with E-state index in [0.717, 1.165) is 5.56 Å². The molecule has 0 aromatic heterocycles. The highest BCUT2D eigenvalue weighted by Gasteiger charge is 2.35. The first-order chi connectivity index (χ1) is 12.1. The SMILES string of the molecule is Cc1ccc(S(=O)(=O)NCCNC(=O)C2CC(=O)N(C(C)C)C2)c(C)c1. The maximum absolute atomic E-state index is 12.4. The molecule has 144 valence electrons. The second kappa shape index (κ2) is 8.18. The molecule has 0 aliphatic carbocycles. The van der Waals surface area contributed by atoms with Crippen LogP contribution in [0.1, 0.15) is 31.4 Å². The molecule has 0 saturated carbocycles. The summed E-state index contributed by atoms with van der Waals surface area (Å²) in [5.41, 5.74) is 1.68. The van der Waals surface area contributed by atoms with Crippen molar-refractivity contribution in [3.8, 4) is 0 Å². The smallest absolute Gasteiger partial charge is 0.240 e. The molecule has 2 rings (SSSR count). The van der Waals surface area contributed by atoms with E-state index >= 15 is 0 Å². The highest BCUT2D eigenvalue weighted by atomic mass is 32.2. The molecule has 1 aliphatic rings. The fraction of sp³-hybridized carbons (Fsp3) is 0.556. The Morgan fingerprint density at radius 3 is 2.54 bits per heavy atom. The van der Waals surface area contributed by atoms with Crippen molar-refractivity contribution in [1.82, 2.24) is 14.9 Å². The van der Waals surface area contributed by atoms with Crippen LogP contribution in [0.5, 0.6) is 0 Å². The minimum atomic E-state index is -3.62. The highest BCUT2D eigenvalue weighted by molar-refractivity contribution is 7.89. The lowest BCUT2D eigenvalue weighted by atomic mass is 10.1. The fourth-order valence-corrected chi connectivity index (χ4v) is 4.36. The number of benzene rings is 1. The van der Waals surface area contributed by atoms with Gasteiger partial charge in [0.1, 0.15) is 0 Å². The van der Waals surface area contributed by atoms with Gasteiger partial charge in [0, 0.05) is 32.1 Å². The van der Waals surface area contributed by atoms with Gasteiger partial charge < -0.3 is 10.2 Å². The van der Waals surface area contributed by atoms with E-state index in [0.29, 0.717) is 12.1 Å². The van der Waals surface area contributed by atoms with E-state index in [1.165, 1.54) is 0 Å². The monoisotopic (exact) mass is 381 g/mol. The molecule has 1 atom stereocenters. The third-order valence-electron chi connectivity index (χ3n) is 4.49. The summed E-state index contributed by atoms with van der Waals surface area (Å²) in [6, 6.07) is 5.22. The van der Waals surface area contributed by atoms with Crippen LogP contribution in [0.4, 0.5) is 0 Å². The molecule has 8 heteroatoms. The van der Waals surface area contributed by atoms with Crippen LogP contribution >= 0.6 is 0 Å². The maximum Gasteiger partial charge on any atom is 0.240 e. The first-order valence-corrected chi connectivity index (χ1v) is 10.2. The van der Waals surface area contributed by atoms with Gasteiger partial charge in [0.05, 0.1) is 10.8 Å². The molecule has 0 radical (unpaired) electrons. The minimum Gasteiger partial charge on any atom is -0.354 e. The van der Waals surface area contributed by atoms with Crippen LogP contribution in [-0.2, 0) is 19.6 Å². The highest BCUT2D eigenvalue weighted by Crippen LogP contribution is 2.20. The number of rotatable bonds is 7. The molecule has 7 nitrogen and oxygen atoms in total. The number of likely N-dealkylation sites (tertiary alicyclic amines) is 1. The quantitative estimate of drug-likeness (QED) is 0.688. The van der Waals surface area contributed by atoms with E-state index in [4.69, 9.17) is 0 Å². The lowest BCUT2D eigenvalue weighted by molar-refractivity contribution is -0.129. The summed E-state index contributed by atoms with van der Waals surface area (Å²) in [5.74, 6) is -0.608. The fourth-order valence-electron chi connectivity index (χ4n) is 3.10. The molecule has 1 aromatic carbocycles.